The van der Waals surface area contributed by atoms with Crippen molar-refractivity contribution in [2.75, 3.05) is 13.7 Å². The van der Waals surface area contributed by atoms with E-state index in [9.17, 15) is 4.79 Å². The number of aromatic nitrogens is 1. The molecule has 1 aromatic carbocycles. The summed E-state index contributed by atoms with van der Waals surface area (Å²) in [4.78, 5) is 11.5. The molecule has 0 fully saturated rings. The van der Waals surface area contributed by atoms with Gasteiger partial charge in [-0.1, -0.05) is 6.92 Å². The molecule has 1 amide bonds. The van der Waals surface area contributed by atoms with Crippen LogP contribution < -0.4 is 10.1 Å². The van der Waals surface area contributed by atoms with Crippen LogP contribution >= 0.6 is 0 Å². The first-order chi connectivity index (χ1) is 10.2. The first kappa shape index (κ1) is 14.0. The van der Waals surface area contributed by atoms with E-state index in [4.69, 9.17) is 4.74 Å². The van der Waals surface area contributed by atoms with E-state index in [1.807, 2.05) is 13.0 Å². The smallest absolute Gasteiger partial charge is 0.219 e. The van der Waals surface area contributed by atoms with Gasteiger partial charge in [0.05, 0.1) is 7.11 Å². The van der Waals surface area contributed by atoms with Gasteiger partial charge in [0.2, 0.25) is 5.91 Å². The number of hydrogen-bond donors (Lipinski definition) is 1. The van der Waals surface area contributed by atoms with Gasteiger partial charge in [0.15, 0.2) is 0 Å². The topological polar surface area (TPSA) is 43.3 Å². The highest BCUT2D eigenvalue weighted by Gasteiger charge is 2.29. The van der Waals surface area contributed by atoms with Crippen LogP contribution in [0.3, 0.4) is 0 Å². The Morgan fingerprint density at radius 1 is 1.48 bits per heavy atom. The third kappa shape index (κ3) is 2.28. The molecule has 0 radical (unpaired) electrons. The number of amides is 1. The van der Waals surface area contributed by atoms with E-state index < -0.39 is 0 Å². The molecule has 112 valence electrons. The summed E-state index contributed by atoms with van der Waals surface area (Å²) in [5, 5.41) is 4.30. The number of nitrogens with one attached hydrogen (secondary N) is 1. The van der Waals surface area contributed by atoms with Crippen LogP contribution in [0.4, 0.5) is 0 Å². The summed E-state index contributed by atoms with van der Waals surface area (Å²) < 4.78 is 7.65. The van der Waals surface area contributed by atoms with Crippen LogP contribution in [0.25, 0.3) is 10.9 Å². The minimum absolute atomic E-state index is 0.126. The van der Waals surface area contributed by atoms with Gasteiger partial charge < -0.3 is 14.6 Å². The Balaban J connectivity index is 1.99. The summed E-state index contributed by atoms with van der Waals surface area (Å²) in [7, 11) is 3.82. The van der Waals surface area contributed by atoms with Crippen LogP contribution in [-0.2, 0) is 18.3 Å². The first-order valence-electron chi connectivity index (χ1n) is 7.57. The van der Waals surface area contributed by atoms with E-state index in [-0.39, 0.29) is 5.91 Å². The van der Waals surface area contributed by atoms with Crippen molar-refractivity contribution < 1.29 is 9.53 Å². The predicted molar refractivity (Wildman–Crippen MR) is 83.8 cm³/mol. The number of methoxy groups -OCH3 is 1. The number of carbonyl (C=O) groups excluding carboxylic acids is 1. The van der Waals surface area contributed by atoms with Crippen LogP contribution in [0.15, 0.2) is 18.2 Å². The number of benzene rings is 1. The number of nitrogens with zero attached hydrogens (tertiary/aromatic N) is 1. The van der Waals surface area contributed by atoms with Crippen molar-refractivity contribution in [3.8, 4) is 5.75 Å². The summed E-state index contributed by atoms with van der Waals surface area (Å²) in [6.45, 7) is 2.62. The number of aryl methyl sites for hydroxylation is 1. The maximum absolute atomic E-state index is 11.5. The Morgan fingerprint density at radius 2 is 2.29 bits per heavy atom. The molecule has 0 saturated carbocycles. The summed E-state index contributed by atoms with van der Waals surface area (Å²) in [5.74, 6) is 1.42. The zero-order chi connectivity index (χ0) is 15.0. The molecule has 3 rings (SSSR count). The van der Waals surface area contributed by atoms with Crippen LogP contribution in [-0.4, -0.2) is 24.1 Å². The molecular weight excluding hydrogens is 264 g/mol. The molecule has 4 heteroatoms. The van der Waals surface area contributed by atoms with E-state index in [0.29, 0.717) is 12.3 Å². The molecule has 1 N–H and O–H groups in total. The summed E-state index contributed by atoms with van der Waals surface area (Å²) in [5.41, 5.74) is 4.03. The lowest BCUT2D eigenvalue weighted by Gasteiger charge is -2.12. The SMILES string of the molecule is CCC(=O)NCC1CCc2c1c1cc(OC)ccc1n2C. The lowest BCUT2D eigenvalue weighted by Crippen LogP contribution is -2.26. The molecule has 1 unspecified atom stereocenters. The lowest BCUT2D eigenvalue weighted by atomic mass is 10.00. The summed E-state index contributed by atoms with van der Waals surface area (Å²) >= 11 is 0. The summed E-state index contributed by atoms with van der Waals surface area (Å²) in [6.07, 6.45) is 2.73. The average molecular weight is 286 g/mol. The molecule has 4 nitrogen and oxygen atoms in total. The fourth-order valence-electron chi connectivity index (χ4n) is 3.41. The van der Waals surface area contributed by atoms with Crippen molar-refractivity contribution in [1.82, 2.24) is 9.88 Å². The van der Waals surface area contributed by atoms with Crippen molar-refractivity contribution in [2.45, 2.75) is 32.1 Å². The number of fused-ring (bicyclic) bond motifs is 3. The van der Waals surface area contributed by atoms with Crippen molar-refractivity contribution in [3.05, 3.63) is 29.5 Å². The lowest BCUT2D eigenvalue weighted by molar-refractivity contribution is -0.120. The van der Waals surface area contributed by atoms with Gasteiger partial charge >= 0.3 is 0 Å². The quantitative estimate of drug-likeness (QED) is 0.939. The fourth-order valence-corrected chi connectivity index (χ4v) is 3.41. The molecule has 0 aliphatic heterocycles. The Kier molecular flexibility index (Phi) is 3.62. The molecule has 1 atom stereocenters. The van der Waals surface area contributed by atoms with Gasteiger partial charge in [-0.2, -0.15) is 0 Å². The van der Waals surface area contributed by atoms with E-state index in [1.165, 1.54) is 22.2 Å². The van der Waals surface area contributed by atoms with Gasteiger partial charge in [-0.15, -0.1) is 0 Å². The van der Waals surface area contributed by atoms with Gasteiger partial charge in [-0.25, -0.2) is 0 Å². The third-order valence-corrected chi connectivity index (χ3v) is 4.58. The van der Waals surface area contributed by atoms with Crippen molar-refractivity contribution in [1.29, 1.82) is 0 Å². The summed E-state index contributed by atoms with van der Waals surface area (Å²) in [6, 6.07) is 6.24. The van der Waals surface area contributed by atoms with E-state index in [0.717, 1.165) is 25.1 Å². The molecule has 1 aliphatic rings. The number of hydrogen-bond acceptors (Lipinski definition) is 2. The maximum atomic E-state index is 11.5. The predicted octanol–water partition coefficient (Wildman–Crippen LogP) is 2.74. The Hall–Kier alpha value is -1.97. The normalized spacial score (nSPS) is 17.0. The van der Waals surface area contributed by atoms with Crippen molar-refractivity contribution in [3.63, 3.8) is 0 Å². The zero-order valence-corrected chi connectivity index (χ0v) is 12.9. The second-order valence-electron chi connectivity index (χ2n) is 5.70. The van der Waals surface area contributed by atoms with Gasteiger partial charge in [0.25, 0.3) is 0 Å². The van der Waals surface area contributed by atoms with Gasteiger partial charge in [-0.3, -0.25) is 4.79 Å². The zero-order valence-electron chi connectivity index (χ0n) is 12.9. The molecule has 0 spiro atoms. The van der Waals surface area contributed by atoms with E-state index in [1.54, 1.807) is 7.11 Å². The minimum atomic E-state index is 0.126. The van der Waals surface area contributed by atoms with Gasteiger partial charge in [0, 0.05) is 42.5 Å². The number of carbonyl (C=O) groups is 1. The molecule has 21 heavy (non-hydrogen) atoms. The average Bonchev–Trinajstić information content (AvgIpc) is 3.05. The minimum Gasteiger partial charge on any atom is -0.497 e. The molecule has 1 heterocycles. The Labute approximate surface area is 125 Å². The highest BCUT2D eigenvalue weighted by atomic mass is 16.5. The number of rotatable bonds is 4. The van der Waals surface area contributed by atoms with Gasteiger partial charge in [0.1, 0.15) is 5.75 Å². The molecule has 2 aromatic rings. The Morgan fingerprint density at radius 3 is 3.00 bits per heavy atom. The second-order valence-corrected chi connectivity index (χ2v) is 5.70. The maximum Gasteiger partial charge on any atom is 0.219 e. The van der Waals surface area contributed by atoms with Crippen molar-refractivity contribution >= 4 is 16.8 Å². The first-order valence-corrected chi connectivity index (χ1v) is 7.57. The van der Waals surface area contributed by atoms with E-state index in [2.05, 4.69) is 29.1 Å². The highest BCUT2D eigenvalue weighted by molar-refractivity contribution is 5.88. The Bertz CT molecular complexity index is 688. The second kappa shape index (κ2) is 5.43. The monoisotopic (exact) mass is 286 g/mol. The van der Waals surface area contributed by atoms with Crippen LogP contribution in [0.2, 0.25) is 0 Å². The van der Waals surface area contributed by atoms with Crippen LogP contribution in [0.1, 0.15) is 36.9 Å². The van der Waals surface area contributed by atoms with E-state index >= 15 is 0 Å². The standard InChI is InChI=1S/C17H22N2O2/c1-4-16(20)18-10-11-5-7-15-17(11)13-9-12(21-3)6-8-14(13)19(15)2/h6,8-9,11H,4-5,7,10H2,1-3H3,(H,18,20). The molecule has 1 aromatic heterocycles. The number of ether oxygens (including phenoxy) is 1. The third-order valence-electron chi connectivity index (χ3n) is 4.58. The largest absolute Gasteiger partial charge is 0.497 e. The van der Waals surface area contributed by atoms with Crippen LogP contribution in [0.5, 0.6) is 5.75 Å². The van der Waals surface area contributed by atoms with Crippen molar-refractivity contribution in [2.24, 2.45) is 7.05 Å². The highest BCUT2D eigenvalue weighted by Crippen LogP contribution is 2.40. The molecule has 0 bridgehead atoms. The van der Waals surface area contributed by atoms with Gasteiger partial charge in [-0.05, 0) is 36.6 Å². The molecule has 0 saturated heterocycles. The fraction of sp³-hybridized carbons (Fsp3) is 0.471. The van der Waals surface area contributed by atoms with Crippen LogP contribution in [0, 0.1) is 0 Å². The molecular formula is C17H22N2O2. The molecule has 1 aliphatic carbocycles.